The van der Waals surface area contributed by atoms with E-state index in [0.29, 0.717) is 24.9 Å². The number of nitrogens with one attached hydrogen (secondary N) is 2. The summed E-state index contributed by atoms with van der Waals surface area (Å²) < 4.78 is 6.60. The van der Waals surface area contributed by atoms with E-state index in [1.54, 1.807) is 4.90 Å². The standard InChI is InChI=1S/C26H35N3O5/c1-25-13-14-26(34-25)20(19(25)22(31)27-17-9-4-2-5-10-17)24(33)29(15-8-16-30)21(26)23(32)28-18-11-6-3-7-12-18/h2,4-5,9-10,18-21,30H,3,6-8,11-16H2,1H3,(H,27,31)(H,28,32)/t19-,20-,21?,25+,26?/m0/s1. The van der Waals surface area contributed by atoms with Crippen LogP contribution in [0.25, 0.3) is 0 Å². The molecule has 5 atom stereocenters. The van der Waals surface area contributed by atoms with E-state index in [-0.39, 0.29) is 36.9 Å². The highest BCUT2D eigenvalue weighted by Crippen LogP contribution is 2.63. The lowest BCUT2D eigenvalue weighted by molar-refractivity contribution is -0.145. The highest BCUT2D eigenvalue weighted by atomic mass is 16.5. The minimum absolute atomic E-state index is 0.0745. The fourth-order valence-electron chi connectivity index (χ4n) is 6.88. The first-order valence-corrected chi connectivity index (χ1v) is 12.7. The van der Waals surface area contributed by atoms with Gasteiger partial charge in [0.15, 0.2) is 0 Å². The van der Waals surface area contributed by atoms with Crippen molar-refractivity contribution < 1.29 is 24.2 Å². The van der Waals surface area contributed by atoms with Crippen LogP contribution in [0.5, 0.6) is 0 Å². The van der Waals surface area contributed by atoms with Gasteiger partial charge in [0.25, 0.3) is 0 Å². The summed E-state index contributed by atoms with van der Waals surface area (Å²) in [5, 5.41) is 15.6. The third-order valence-electron chi connectivity index (χ3n) is 8.36. The number of carbonyl (C=O) groups excluding carboxylic acids is 3. The first-order valence-electron chi connectivity index (χ1n) is 12.7. The van der Waals surface area contributed by atoms with E-state index in [1.807, 2.05) is 37.3 Å². The number of carbonyl (C=O) groups is 3. The molecule has 2 unspecified atom stereocenters. The van der Waals surface area contributed by atoms with Gasteiger partial charge in [-0.2, -0.15) is 0 Å². The second-order valence-electron chi connectivity index (χ2n) is 10.5. The predicted octanol–water partition coefficient (Wildman–Crippen LogP) is 2.22. The van der Waals surface area contributed by atoms with Crippen LogP contribution in [0.4, 0.5) is 5.69 Å². The minimum atomic E-state index is -1.02. The second kappa shape index (κ2) is 8.96. The lowest BCUT2D eigenvalue weighted by atomic mass is 9.66. The average molecular weight is 470 g/mol. The van der Waals surface area contributed by atoms with E-state index in [0.717, 1.165) is 25.7 Å². The number of ether oxygens (including phenoxy) is 1. The summed E-state index contributed by atoms with van der Waals surface area (Å²) in [7, 11) is 0. The highest BCUT2D eigenvalue weighted by Gasteiger charge is 2.77. The molecule has 1 aliphatic carbocycles. The number of nitrogens with zero attached hydrogens (tertiary/aromatic N) is 1. The quantitative estimate of drug-likeness (QED) is 0.568. The number of hydrogen-bond acceptors (Lipinski definition) is 5. The van der Waals surface area contributed by atoms with Gasteiger partial charge in [0, 0.05) is 24.9 Å². The molecule has 1 aromatic rings. The Kier molecular flexibility index (Phi) is 6.14. The SMILES string of the molecule is C[C@]12CCC3(O1)C(C(=O)NC1CCCCC1)N(CCCO)C(=O)[C@@H]3[C@H]2C(=O)Nc1ccccc1. The Balaban J connectivity index is 1.45. The van der Waals surface area contributed by atoms with Crippen LogP contribution >= 0.6 is 0 Å². The normalized spacial score (nSPS) is 34.8. The fraction of sp³-hybridized carbons (Fsp3) is 0.654. The third kappa shape index (κ3) is 3.71. The average Bonchev–Trinajstić information content (AvgIpc) is 3.39. The Morgan fingerprint density at radius 3 is 2.56 bits per heavy atom. The van der Waals surface area contributed by atoms with Crippen LogP contribution in [-0.2, 0) is 19.1 Å². The lowest BCUT2D eigenvalue weighted by Crippen LogP contribution is -2.57. The van der Waals surface area contributed by atoms with Gasteiger partial charge in [-0.3, -0.25) is 14.4 Å². The van der Waals surface area contributed by atoms with Crippen molar-refractivity contribution in [3.05, 3.63) is 30.3 Å². The number of aliphatic hydroxyl groups is 1. The Bertz CT molecular complexity index is 949. The first-order chi connectivity index (χ1) is 16.4. The molecule has 4 aliphatic rings. The molecule has 0 radical (unpaired) electrons. The van der Waals surface area contributed by atoms with Gasteiger partial charge in [-0.05, 0) is 51.2 Å². The van der Waals surface area contributed by atoms with E-state index in [4.69, 9.17) is 4.74 Å². The number of anilines is 1. The van der Waals surface area contributed by atoms with Crippen LogP contribution < -0.4 is 10.6 Å². The number of hydrogen-bond donors (Lipinski definition) is 3. The van der Waals surface area contributed by atoms with Crippen molar-refractivity contribution in [2.45, 2.75) is 81.6 Å². The molecule has 1 aromatic carbocycles. The van der Waals surface area contributed by atoms with Crippen LogP contribution in [0.3, 0.4) is 0 Å². The molecule has 3 saturated heterocycles. The molecule has 3 aliphatic heterocycles. The number of benzene rings is 1. The van der Waals surface area contributed by atoms with Crippen LogP contribution in [0, 0.1) is 11.8 Å². The number of para-hydroxylation sites is 1. The molecule has 3 heterocycles. The second-order valence-corrected chi connectivity index (χ2v) is 10.5. The van der Waals surface area contributed by atoms with Crippen molar-refractivity contribution in [1.29, 1.82) is 0 Å². The van der Waals surface area contributed by atoms with E-state index in [1.165, 1.54) is 6.42 Å². The largest absolute Gasteiger partial charge is 0.396 e. The zero-order valence-electron chi connectivity index (χ0n) is 19.8. The summed E-state index contributed by atoms with van der Waals surface area (Å²) in [4.78, 5) is 42.6. The molecule has 5 rings (SSSR count). The van der Waals surface area contributed by atoms with E-state index in [9.17, 15) is 19.5 Å². The summed E-state index contributed by atoms with van der Waals surface area (Å²) in [6.07, 6.45) is 6.81. The molecule has 184 valence electrons. The first kappa shape index (κ1) is 23.3. The topological polar surface area (TPSA) is 108 Å². The van der Waals surface area contributed by atoms with Crippen molar-refractivity contribution >= 4 is 23.4 Å². The van der Waals surface area contributed by atoms with Gasteiger partial charge in [-0.15, -0.1) is 0 Å². The Labute approximate surface area is 200 Å². The Hall–Kier alpha value is -2.45. The maximum atomic E-state index is 13.8. The highest BCUT2D eigenvalue weighted by molar-refractivity contribution is 6.02. The van der Waals surface area contributed by atoms with Crippen molar-refractivity contribution in [2.24, 2.45) is 11.8 Å². The Morgan fingerprint density at radius 1 is 1.12 bits per heavy atom. The molecule has 2 bridgehead atoms. The zero-order chi connectivity index (χ0) is 23.9. The molecule has 34 heavy (non-hydrogen) atoms. The molecule has 8 nitrogen and oxygen atoms in total. The number of aliphatic hydroxyl groups excluding tert-OH is 1. The van der Waals surface area contributed by atoms with Gasteiger partial charge in [0.05, 0.1) is 17.4 Å². The van der Waals surface area contributed by atoms with Crippen LogP contribution in [0.15, 0.2) is 30.3 Å². The monoisotopic (exact) mass is 469 g/mol. The molecule has 3 N–H and O–H groups in total. The summed E-state index contributed by atoms with van der Waals surface area (Å²) in [6, 6.07) is 8.52. The summed E-state index contributed by atoms with van der Waals surface area (Å²) >= 11 is 0. The molecule has 8 heteroatoms. The van der Waals surface area contributed by atoms with E-state index in [2.05, 4.69) is 10.6 Å². The number of fused-ring (bicyclic) bond motifs is 1. The summed E-state index contributed by atoms with van der Waals surface area (Å²) in [5.74, 6) is -2.04. The third-order valence-corrected chi connectivity index (χ3v) is 8.36. The van der Waals surface area contributed by atoms with Crippen molar-refractivity contribution in [3.63, 3.8) is 0 Å². The minimum Gasteiger partial charge on any atom is -0.396 e. The Morgan fingerprint density at radius 2 is 1.85 bits per heavy atom. The van der Waals surface area contributed by atoms with Crippen LogP contribution in [0.2, 0.25) is 0 Å². The maximum absolute atomic E-state index is 13.8. The number of amides is 3. The molecular weight excluding hydrogens is 434 g/mol. The molecular formula is C26H35N3O5. The number of rotatable bonds is 7. The van der Waals surface area contributed by atoms with Crippen molar-refractivity contribution in [1.82, 2.24) is 10.2 Å². The van der Waals surface area contributed by atoms with Crippen LogP contribution in [-0.4, -0.2) is 64.2 Å². The van der Waals surface area contributed by atoms with Gasteiger partial charge in [-0.25, -0.2) is 0 Å². The van der Waals surface area contributed by atoms with Gasteiger partial charge >= 0.3 is 0 Å². The van der Waals surface area contributed by atoms with Crippen molar-refractivity contribution in [2.75, 3.05) is 18.5 Å². The van der Waals surface area contributed by atoms with Gasteiger partial charge in [-0.1, -0.05) is 37.5 Å². The molecule has 3 amide bonds. The van der Waals surface area contributed by atoms with Crippen molar-refractivity contribution in [3.8, 4) is 0 Å². The van der Waals surface area contributed by atoms with E-state index < -0.39 is 29.1 Å². The lowest BCUT2D eigenvalue weighted by Gasteiger charge is -2.35. The smallest absolute Gasteiger partial charge is 0.246 e. The maximum Gasteiger partial charge on any atom is 0.246 e. The van der Waals surface area contributed by atoms with Crippen LogP contribution in [0.1, 0.15) is 58.3 Å². The van der Waals surface area contributed by atoms with Gasteiger partial charge < -0.3 is 25.4 Å². The van der Waals surface area contributed by atoms with Gasteiger partial charge in [0.1, 0.15) is 11.6 Å². The van der Waals surface area contributed by atoms with Gasteiger partial charge in [0.2, 0.25) is 17.7 Å². The molecule has 1 saturated carbocycles. The molecule has 4 fully saturated rings. The summed E-state index contributed by atoms with van der Waals surface area (Å²) in [6.45, 7) is 2.09. The molecule has 1 spiro atoms. The van der Waals surface area contributed by atoms with E-state index >= 15 is 0 Å². The zero-order valence-corrected chi connectivity index (χ0v) is 19.8. The number of likely N-dealkylation sites (tertiary alicyclic amines) is 1. The predicted molar refractivity (Wildman–Crippen MR) is 126 cm³/mol. The molecule has 0 aromatic heterocycles. The fourth-order valence-corrected chi connectivity index (χ4v) is 6.88. The summed E-state index contributed by atoms with van der Waals surface area (Å²) in [5.41, 5.74) is -1.15.